The number of benzene rings is 1. The molecule has 0 atom stereocenters. The van der Waals surface area contributed by atoms with Crippen molar-refractivity contribution in [3.8, 4) is 5.69 Å². The molecule has 1 amide bonds. The molecule has 0 spiro atoms. The molecule has 1 aromatic carbocycles. The standard InChI is InChI=1S/C18H16N6OS2/c1-10-7-15-16(26-10)19-9-20-17(15)27-18-23-22-11(2)24(18)14-6-4-5-13(8-14)21-12(3)25/h4-9H,1-3H3,(H,21,25). The first-order valence-corrected chi connectivity index (χ1v) is 9.83. The van der Waals surface area contributed by atoms with Crippen molar-refractivity contribution in [2.75, 3.05) is 5.32 Å². The molecule has 0 aliphatic heterocycles. The predicted octanol–water partition coefficient (Wildman–Crippen LogP) is 4.00. The average Bonchev–Trinajstić information content (AvgIpc) is 3.17. The second-order valence-electron chi connectivity index (χ2n) is 5.95. The van der Waals surface area contributed by atoms with Gasteiger partial charge in [0.25, 0.3) is 0 Å². The van der Waals surface area contributed by atoms with Crippen molar-refractivity contribution in [1.82, 2.24) is 24.7 Å². The highest BCUT2D eigenvalue weighted by atomic mass is 32.2. The highest BCUT2D eigenvalue weighted by Crippen LogP contribution is 2.35. The normalized spacial score (nSPS) is 11.1. The SMILES string of the molecule is CC(=O)Nc1cccc(-n2c(C)nnc2Sc2ncnc3sc(C)cc23)c1. The van der Waals surface area contributed by atoms with Gasteiger partial charge in [0.2, 0.25) is 11.1 Å². The Morgan fingerprint density at radius 1 is 1.19 bits per heavy atom. The summed E-state index contributed by atoms with van der Waals surface area (Å²) in [5, 5.41) is 13.9. The number of hydrogen-bond acceptors (Lipinski definition) is 7. The molecule has 0 unspecified atom stereocenters. The van der Waals surface area contributed by atoms with E-state index in [1.54, 1.807) is 17.7 Å². The first-order valence-electron chi connectivity index (χ1n) is 8.20. The minimum Gasteiger partial charge on any atom is -0.326 e. The maximum atomic E-state index is 11.4. The molecule has 27 heavy (non-hydrogen) atoms. The number of rotatable bonds is 4. The van der Waals surface area contributed by atoms with Crippen LogP contribution in [0.1, 0.15) is 17.6 Å². The summed E-state index contributed by atoms with van der Waals surface area (Å²) in [4.78, 5) is 22.3. The van der Waals surface area contributed by atoms with Gasteiger partial charge in [0.15, 0.2) is 0 Å². The highest BCUT2D eigenvalue weighted by molar-refractivity contribution is 7.99. The van der Waals surface area contributed by atoms with Crippen LogP contribution in [0.15, 0.2) is 46.8 Å². The first kappa shape index (κ1) is 17.6. The van der Waals surface area contributed by atoms with Gasteiger partial charge < -0.3 is 5.32 Å². The molecule has 3 heterocycles. The fraction of sp³-hybridized carbons (Fsp3) is 0.167. The van der Waals surface area contributed by atoms with E-state index in [-0.39, 0.29) is 5.91 Å². The molecule has 9 heteroatoms. The van der Waals surface area contributed by atoms with Crippen LogP contribution in [0.4, 0.5) is 5.69 Å². The fourth-order valence-corrected chi connectivity index (χ4v) is 4.62. The maximum absolute atomic E-state index is 11.4. The van der Waals surface area contributed by atoms with Gasteiger partial charge in [-0.3, -0.25) is 9.36 Å². The lowest BCUT2D eigenvalue weighted by Gasteiger charge is -2.10. The first-order chi connectivity index (χ1) is 13.0. The number of aryl methyl sites for hydroxylation is 2. The number of thiophene rings is 1. The summed E-state index contributed by atoms with van der Waals surface area (Å²) < 4.78 is 1.95. The number of amides is 1. The van der Waals surface area contributed by atoms with Crippen LogP contribution < -0.4 is 5.32 Å². The van der Waals surface area contributed by atoms with E-state index in [1.807, 2.05) is 35.8 Å². The van der Waals surface area contributed by atoms with Crippen molar-refractivity contribution >= 4 is 44.9 Å². The molecule has 1 N–H and O–H groups in total. The number of nitrogens with zero attached hydrogens (tertiary/aromatic N) is 5. The number of nitrogens with one attached hydrogen (secondary N) is 1. The summed E-state index contributed by atoms with van der Waals surface area (Å²) in [6.07, 6.45) is 1.57. The highest BCUT2D eigenvalue weighted by Gasteiger charge is 2.16. The Bertz CT molecular complexity index is 1150. The van der Waals surface area contributed by atoms with E-state index >= 15 is 0 Å². The molecule has 0 saturated heterocycles. The number of carbonyl (C=O) groups excluding carboxylic acids is 1. The van der Waals surface area contributed by atoms with Gasteiger partial charge >= 0.3 is 0 Å². The van der Waals surface area contributed by atoms with Gasteiger partial charge in [-0.05, 0) is 49.9 Å². The molecule has 4 rings (SSSR count). The van der Waals surface area contributed by atoms with Gasteiger partial charge in [0.1, 0.15) is 22.0 Å². The van der Waals surface area contributed by atoms with E-state index in [0.717, 1.165) is 32.4 Å². The fourth-order valence-electron chi connectivity index (χ4n) is 2.75. The van der Waals surface area contributed by atoms with Crippen molar-refractivity contribution in [3.05, 3.63) is 47.4 Å². The van der Waals surface area contributed by atoms with E-state index in [1.165, 1.54) is 23.6 Å². The third-order valence-corrected chi connectivity index (χ3v) is 5.75. The van der Waals surface area contributed by atoms with Gasteiger partial charge in [-0.25, -0.2) is 9.97 Å². The molecule has 0 aliphatic carbocycles. The third kappa shape index (κ3) is 3.56. The smallest absolute Gasteiger partial charge is 0.221 e. The van der Waals surface area contributed by atoms with E-state index in [9.17, 15) is 4.79 Å². The zero-order valence-corrected chi connectivity index (χ0v) is 16.6. The van der Waals surface area contributed by atoms with Crippen LogP contribution >= 0.6 is 23.1 Å². The maximum Gasteiger partial charge on any atom is 0.221 e. The number of aromatic nitrogens is 5. The molecule has 0 aliphatic rings. The van der Waals surface area contributed by atoms with E-state index in [4.69, 9.17) is 0 Å². The number of hydrogen-bond donors (Lipinski definition) is 1. The Balaban J connectivity index is 1.75. The summed E-state index contributed by atoms with van der Waals surface area (Å²) in [7, 11) is 0. The zero-order valence-electron chi connectivity index (χ0n) is 14.9. The van der Waals surface area contributed by atoms with Crippen molar-refractivity contribution < 1.29 is 4.79 Å². The van der Waals surface area contributed by atoms with E-state index < -0.39 is 0 Å². The summed E-state index contributed by atoms with van der Waals surface area (Å²) in [6.45, 7) is 5.44. The summed E-state index contributed by atoms with van der Waals surface area (Å²) in [5.41, 5.74) is 1.60. The Kier molecular flexibility index (Phi) is 4.63. The van der Waals surface area contributed by atoms with E-state index in [2.05, 4.69) is 38.5 Å². The van der Waals surface area contributed by atoms with Crippen LogP contribution in [-0.4, -0.2) is 30.6 Å². The van der Waals surface area contributed by atoms with Crippen LogP contribution in [0.3, 0.4) is 0 Å². The third-order valence-electron chi connectivity index (χ3n) is 3.82. The number of carbonyl (C=O) groups is 1. The minimum absolute atomic E-state index is 0.113. The molecule has 0 bridgehead atoms. The van der Waals surface area contributed by atoms with Crippen molar-refractivity contribution in [2.45, 2.75) is 31.0 Å². The molecule has 0 fully saturated rings. The van der Waals surface area contributed by atoms with Crippen LogP contribution in [0, 0.1) is 13.8 Å². The Labute approximate surface area is 163 Å². The lowest BCUT2D eigenvalue weighted by atomic mass is 10.2. The summed E-state index contributed by atoms with van der Waals surface area (Å²) >= 11 is 3.09. The Morgan fingerprint density at radius 3 is 2.85 bits per heavy atom. The second-order valence-corrected chi connectivity index (χ2v) is 8.14. The lowest BCUT2D eigenvalue weighted by Crippen LogP contribution is -2.07. The molecule has 0 saturated carbocycles. The number of anilines is 1. The molecule has 0 radical (unpaired) electrons. The minimum atomic E-state index is -0.113. The summed E-state index contributed by atoms with van der Waals surface area (Å²) in [5.74, 6) is 0.641. The largest absolute Gasteiger partial charge is 0.326 e. The van der Waals surface area contributed by atoms with Crippen LogP contribution in [0.25, 0.3) is 15.9 Å². The molecule has 7 nitrogen and oxygen atoms in total. The quantitative estimate of drug-likeness (QED) is 0.525. The Morgan fingerprint density at radius 2 is 2.04 bits per heavy atom. The molecule has 3 aromatic heterocycles. The molecular weight excluding hydrogens is 380 g/mol. The predicted molar refractivity (Wildman–Crippen MR) is 107 cm³/mol. The van der Waals surface area contributed by atoms with Gasteiger partial charge in [-0.2, -0.15) is 0 Å². The average molecular weight is 397 g/mol. The van der Waals surface area contributed by atoms with Crippen molar-refractivity contribution in [1.29, 1.82) is 0 Å². The summed E-state index contributed by atoms with van der Waals surface area (Å²) in [6, 6.07) is 9.68. The van der Waals surface area contributed by atoms with Gasteiger partial charge in [-0.1, -0.05) is 6.07 Å². The van der Waals surface area contributed by atoms with Gasteiger partial charge in [0, 0.05) is 22.9 Å². The van der Waals surface area contributed by atoms with Crippen LogP contribution in [0.2, 0.25) is 0 Å². The molecule has 4 aromatic rings. The van der Waals surface area contributed by atoms with Crippen molar-refractivity contribution in [2.24, 2.45) is 0 Å². The lowest BCUT2D eigenvalue weighted by molar-refractivity contribution is -0.114. The number of fused-ring (bicyclic) bond motifs is 1. The van der Waals surface area contributed by atoms with Crippen LogP contribution in [-0.2, 0) is 4.79 Å². The van der Waals surface area contributed by atoms with Gasteiger partial charge in [0.05, 0.1) is 5.69 Å². The molecular formula is C18H16N6OS2. The molecule has 136 valence electrons. The Hall–Kier alpha value is -2.78. The van der Waals surface area contributed by atoms with E-state index in [0.29, 0.717) is 5.16 Å². The topological polar surface area (TPSA) is 85.6 Å². The monoisotopic (exact) mass is 396 g/mol. The second kappa shape index (κ2) is 7.09. The van der Waals surface area contributed by atoms with Gasteiger partial charge in [-0.15, -0.1) is 21.5 Å². The van der Waals surface area contributed by atoms with Crippen molar-refractivity contribution in [3.63, 3.8) is 0 Å². The van der Waals surface area contributed by atoms with Crippen LogP contribution in [0.5, 0.6) is 0 Å². The zero-order chi connectivity index (χ0) is 19.0.